The van der Waals surface area contributed by atoms with Crippen LogP contribution in [-0.2, 0) is 14.3 Å². The number of allylic oxidation sites excluding steroid dienone is 2. The summed E-state index contributed by atoms with van der Waals surface area (Å²) in [5.74, 6) is -1.03. The van der Waals surface area contributed by atoms with Crippen molar-refractivity contribution in [2.45, 2.75) is 63.9 Å². The van der Waals surface area contributed by atoms with E-state index in [2.05, 4.69) is 4.99 Å². The maximum atomic E-state index is 13.1. The molecule has 0 aromatic heterocycles. The number of aliphatic imine (C=N–C) groups is 1. The van der Waals surface area contributed by atoms with Gasteiger partial charge in [0.15, 0.2) is 5.78 Å². The Morgan fingerprint density at radius 1 is 1.11 bits per heavy atom. The SMILES string of the molecule is CC1=NC2=C(C(=O)CCC2)[C@@H](c2ccc(O)cc2)C1C(=O)OC1CCCC1. The van der Waals surface area contributed by atoms with Crippen LogP contribution in [0.25, 0.3) is 0 Å². The van der Waals surface area contributed by atoms with Crippen LogP contribution in [-0.4, -0.2) is 28.7 Å². The van der Waals surface area contributed by atoms with Gasteiger partial charge in [0, 0.05) is 29.3 Å². The van der Waals surface area contributed by atoms with Crippen LogP contribution in [0.4, 0.5) is 0 Å². The van der Waals surface area contributed by atoms with E-state index in [9.17, 15) is 14.7 Å². The van der Waals surface area contributed by atoms with Gasteiger partial charge < -0.3 is 9.84 Å². The van der Waals surface area contributed by atoms with Gasteiger partial charge in [-0.15, -0.1) is 0 Å². The van der Waals surface area contributed by atoms with Gasteiger partial charge in [0.25, 0.3) is 0 Å². The Balaban J connectivity index is 1.74. The largest absolute Gasteiger partial charge is 0.508 e. The molecule has 1 unspecified atom stereocenters. The third kappa shape index (κ3) is 3.43. The lowest BCUT2D eigenvalue weighted by Gasteiger charge is -2.35. The number of carbonyl (C=O) groups is 2. The number of hydrogen-bond donors (Lipinski definition) is 1. The lowest BCUT2D eigenvalue weighted by Crippen LogP contribution is -2.38. The standard InChI is InChI=1S/C22H25NO4/c1-13-19(22(26)27-16-5-2-3-6-16)20(14-9-11-15(24)12-10-14)21-17(23-13)7-4-8-18(21)25/h9-12,16,19-20,24H,2-8H2,1H3/t19?,20-/m0/s1. The lowest BCUT2D eigenvalue weighted by molar-refractivity contribution is -0.151. The van der Waals surface area contributed by atoms with E-state index in [0.29, 0.717) is 17.7 Å². The number of ether oxygens (including phenoxy) is 1. The minimum atomic E-state index is -0.587. The van der Waals surface area contributed by atoms with Gasteiger partial charge in [0.05, 0.1) is 0 Å². The number of aromatic hydroxyl groups is 1. The molecule has 5 nitrogen and oxygen atoms in total. The topological polar surface area (TPSA) is 76.0 Å². The zero-order valence-corrected chi connectivity index (χ0v) is 15.6. The zero-order chi connectivity index (χ0) is 19.0. The number of esters is 1. The lowest BCUT2D eigenvalue weighted by atomic mass is 9.72. The predicted molar refractivity (Wildman–Crippen MR) is 102 cm³/mol. The number of nitrogens with zero attached hydrogens (tertiary/aromatic N) is 1. The van der Waals surface area contributed by atoms with Crippen LogP contribution >= 0.6 is 0 Å². The Morgan fingerprint density at radius 2 is 1.81 bits per heavy atom. The van der Waals surface area contributed by atoms with Crippen LogP contribution in [0.5, 0.6) is 5.75 Å². The fourth-order valence-electron chi connectivity index (χ4n) is 4.60. The average Bonchev–Trinajstić information content (AvgIpc) is 3.14. The second-order valence-electron chi connectivity index (χ2n) is 7.78. The van der Waals surface area contributed by atoms with Crippen LogP contribution in [0.1, 0.15) is 63.4 Å². The summed E-state index contributed by atoms with van der Waals surface area (Å²) >= 11 is 0. The number of Topliss-reactive ketones (excluding diaryl/α,β-unsaturated/α-hetero) is 1. The van der Waals surface area contributed by atoms with E-state index in [4.69, 9.17) is 4.74 Å². The second kappa shape index (κ2) is 7.29. The fraction of sp³-hybridized carbons (Fsp3) is 0.500. The first-order valence-electron chi connectivity index (χ1n) is 9.85. The molecule has 1 aromatic rings. The Morgan fingerprint density at radius 3 is 2.52 bits per heavy atom. The van der Waals surface area contributed by atoms with E-state index in [1.807, 2.05) is 6.92 Å². The van der Waals surface area contributed by atoms with Crippen LogP contribution in [0.15, 0.2) is 40.5 Å². The van der Waals surface area contributed by atoms with Crippen molar-refractivity contribution in [2.24, 2.45) is 10.9 Å². The monoisotopic (exact) mass is 367 g/mol. The van der Waals surface area contributed by atoms with E-state index in [1.165, 1.54) is 0 Å². The average molecular weight is 367 g/mol. The molecule has 1 heterocycles. The highest BCUT2D eigenvalue weighted by Gasteiger charge is 2.43. The van der Waals surface area contributed by atoms with Crippen LogP contribution in [0.2, 0.25) is 0 Å². The molecule has 1 aliphatic heterocycles. The van der Waals surface area contributed by atoms with Gasteiger partial charge in [-0.1, -0.05) is 12.1 Å². The molecule has 4 rings (SSSR count). The van der Waals surface area contributed by atoms with Gasteiger partial charge >= 0.3 is 5.97 Å². The Bertz CT molecular complexity index is 815. The molecule has 0 spiro atoms. The Hall–Kier alpha value is -2.43. The van der Waals surface area contributed by atoms with E-state index in [0.717, 1.165) is 49.8 Å². The number of phenols is 1. The molecule has 0 bridgehead atoms. The molecule has 1 fully saturated rings. The molecule has 142 valence electrons. The van der Waals surface area contributed by atoms with Crippen molar-refractivity contribution in [1.82, 2.24) is 0 Å². The van der Waals surface area contributed by atoms with Crippen molar-refractivity contribution >= 4 is 17.5 Å². The first-order valence-corrected chi connectivity index (χ1v) is 9.85. The fourth-order valence-corrected chi connectivity index (χ4v) is 4.60. The second-order valence-corrected chi connectivity index (χ2v) is 7.78. The highest BCUT2D eigenvalue weighted by Crippen LogP contribution is 2.44. The summed E-state index contributed by atoms with van der Waals surface area (Å²) in [6, 6.07) is 6.79. The third-order valence-electron chi connectivity index (χ3n) is 5.93. The van der Waals surface area contributed by atoms with Crippen molar-refractivity contribution in [1.29, 1.82) is 0 Å². The number of carbonyl (C=O) groups excluding carboxylic acids is 2. The predicted octanol–water partition coefficient (Wildman–Crippen LogP) is 4.06. The smallest absolute Gasteiger partial charge is 0.315 e. The van der Waals surface area contributed by atoms with Crippen LogP contribution < -0.4 is 0 Å². The zero-order valence-electron chi connectivity index (χ0n) is 15.6. The summed E-state index contributed by atoms with van der Waals surface area (Å²) in [5.41, 5.74) is 3.03. The van der Waals surface area contributed by atoms with Crippen molar-refractivity contribution in [2.75, 3.05) is 0 Å². The molecule has 0 amide bonds. The van der Waals surface area contributed by atoms with Crippen LogP contribution in [0.3, 0.4) is 0 Å². The maximum absolute atomic E-state index is 13.1. The first kappa shape index (κ1) is 18.0. The Kier molecular flexibility index (Phi) is 4.85. The maximum Gasteiger partial charge on any atom is 0.315 e. The molecule has 2 atom stereocenters. The molecule has 1 saturated carbocycles. The van der Waals surface area contributed by atoms with Gasteiger partial charge in [-0.05, 0) is 63.1 Å². The van der Waals surface area contributed by atoms with E-state index >= 15 is 0 Å². The van der Waals surface area contributed by atoms with E-state index in [1.54, 1.807) is 24.3 Å². The number of phenolic OH excluding ortho intramolecular Hbond substituents is 1. The molecule has 0 saturated heterocycles. The molecular weight excluding hydrogens is 342 g/mol. The van der Waals surface area contributed by atoms with Gasteiger partial charge in [-0.3, -0.25) is 14.6 Å². The normalized spacial score (nSPS) is 26.0. The minimum absolute atomic E-state index is 0.0248. The van der Waals surface area contributed by atoms with Crippen molar-refractivity contribution < 1.29 is 19.4 Å². The molecule has 1 N–H and O–H groups in total. The summed E-state index contributed by atoms with van der Waals surface area (Å²) in [4.78, 5) is 30.5. The summed E-state index contributed by atoms with van der Waals surface area (Å²) < 4.78 is 5.81. The summed E-state index contributed by atoms with van der Waals surface area (Å²) in [5, 5.41) is 9.66. The molecule has 1 aromatic carbocycles. The molecule has 2 aliphatic carbocycles. The van der Waals surface area contributed by atoms with Crippen molar-refractivity contribution in [3.05, 3.63) is 41.1 Å². The van der Waals surface area contributed by atoms with Gasteiger partial charge in [0.2, 0.25) is 0 Å². The number of hydrogen-bond acceptors (Lipinski definition) is 5. The highest BCUT2D eigenvalue weighted by molar-refractivity contribution is 6.08. The van der Waals surface area contributed by atoms with Crippen LogP contribution in [0, 0.1) is 5.92 Å². The first-order chi connectivity index (χ1) is 13.0. The number of ketones is 1. The van der Waals surface area contributed by atoms with E-state index in [-0.39, 0.29) is 29.5 Å². The number of rotatable bonds is 3. The van der Waals surface area contributed by atoms with Crippen molar-refractivity contribution in [3.8, 4) is 5.75 Å². The molecule has 3 aliphatic rings. The summed E-state index contributed by atoms with van der Waals surface area (Å²) in [7, 11) is 0. The van der Waals surface area contributed by atoms with Gasteiger partial charge in [0.1, 0.15) is 17.8 Å². The highest BCUT2D eigenvalue weighted by atomic mass is 16.5. The summed E-state index contributed by atoms with van der Waals surface area (Å²) in [6.07, 6.45) is 6.02. The Labute approximate surface area is 159 Å². The van der Waals surface area contributed by atoms with Gasteiger partial charge in [-0.2, -0.15) is 0 Å². The molecule has 27 heavy (non-hydrogen) atoms. The molecule has 0 radical (unpaired) electrons. The number of benzene rings is 1. The van der Waals surface area contributed by atoms with Gasteiger partial charge in [-0.25, -0.2) is 0 Å². The van der Waals surface area contributed by atoms with E-state index < -0.39 is 5.92 Å². The summed E-state index contributed by atoms with van der Waals surface area (Å²) in [6.45, 7) is 1.86. The van der Waals surface area contributed by atoms with Crippen molar-refractivity contribution in [3.63, 3.8) is 0 Å². The minimum Gasteiger partial charge on any atom is -0.508 e. The molecular formula is C22H25NO4. The quantitative estimate of drug-likeness (QED) is 0.818. The third-order valence-corrected chi connectivity index (χ3v) is 5.93. The molecule has 5 heteroatoms.